The van der Waals surface area contributed by atoms with Crippen LogP contribution in [0.3, 0.4) is 0 Å². The normalized spacial score (nSPS) is 11.9. The molecule has 1 heterocycles. The molecule has 0 spiro atoms. The minimum atomic E-state index is -2.55. The summed E-state index contributed by atoms with van der Waals surface area (Å²) in [5.74, 6) is 0.313. The number of benzene rings is 1. The van der Waals surface area contributed by atoms with Gasteiger partial charge in [0.25, 0.3) is 6.43 Å². The van der Waals surface area contributed by atoms with Crippen molar-refractivity contribution in [2.24, 2.45) is 0 Å². The fourth-order valence-electron chi connectivity index (χ4n) is 2.07. The molecule has 0 saturated carbocycles. The molecule has 128 valence electrons. The van der Waals surface area contributed by atoms with Crippen LogP contribution in [0, 0.1) is 6.92 Å². The van der Waals surface area contributed by atoms with E-state index in [0.29, 0.717) is 17.0 Å². The third-order valence-corrected chi connectivity index (χ3v) is 3.34. The summed E-state index contributed by atoms with van der Waals surface area (Å²) in [6.07, 6.45) is 0.779. The lowest BCUT2D eigenvalue weighted by Gasteiger charge is -2.15. The maximum absolute atomic E-state index is 12.3. The Morgan fingerprint density at radius 3 is 2.79 bits per heavy atom. The highest BCUT2D eigenvalue weighted by Gasteiger charge is 2.11. The van der Waals surface area contributed by atoms with Gasteiger partial charge in [0.1, 0.15) is 12.4 Å². The van der Waals surface area contributed by atoms with Crippen LogP contribution in [0.2, 0.25) is 0 Å². The number of anilines is 1. The van der Waals surface area contributed by atoms with E-state index >= 15 is 0 Å². The maximum atomic E-state index is 12.3. The number of carbonyl (C=O) groups is 1. The first-order chi connectivity index (χ1) is 11.5. The lowest BCUT2D eigenvalue weighted by molar-refractivity contribution is 0.0816. The highest BCUT2D eigenvalue weighted by atomic mass is 19.3. The van der Waals surface area contributed by atoms with E-state index in [1.165, 1.54) is 6.07 Å². The molecule has 7 heteroatoms. The zero-order valence-corrected chi connectivity index (χ0v) is 13.4. The van der Waals surface area contributed by atoms with E-state index in [1.807, 2.05) is 13.0 Å². The molecule has 0 saturated heterocycles. The van der Waals surface area contributed by atoms with Crippen LogP contribution in [0.15, 0.2) is 42.7 Å². The smallest absolute Gasteiger partial charge is 0.319 e. The predicted molar refractivity (Wildman–Crippen MR) is 87.5 cm³/mol. The molecule has 24 heavy (non-hydrogen) atoms. The molecule has 1 unspecified atom stereocenters. The van der Waals surface area contributed by atoms with E-state index in [1.54, 1.807) is 37.5 Å². The van der Waals surface area contributed by atoms with Gasteiger partial charge in [-0.25, -0.2) is 13.6 Å². The summed E-state index contributed by atoms with van der Waals surface area (Å²) < 4.78 is 29.6. The number of aryl methyl sites for hydroxylation is 1. The number of urea groups is 1. The summed E-state index contributed by atoms with van der Waals surface area (Å²) >= 11 is 0. The molecule has 0 aliphatic carbocycles. The van der Waals surface area contributed by atoms with Gasteiger partial charge in [0, 0.05) is 24.1 Å². The number of amides is 2. The second-order valence-corrected chi connectivity index (χ2v) is 5.29. The molecule has 0 bridgehead atoms. The molecule has 0 aliphatic heterocycles. The number of carbonyl (C=O) groups excluding carboxylic acids is 1. The second kappa shape index (κ2) is 8.24. The monoisotopic (exact) mass is 335 g/mol. The minimum absolute atomic E-state index is 0.223. The molecule has 2 aromatic rings. The zero-order chi connectivity index (χ0) is 17.5. The van der Waals surface area contributed by atoms with Crippen molar-refractivity contribution in [1.82, 2.24) is 10.3 Å². The Hall–Kier alpha value is -2.70. The van der Waals surface area contributed by atoms with Crippen LogP contribution in [0.1, 0.15) is 24.1 Å². The largest absolute Gasteiger partial charge is 0.487 e. The first-order valence-corrected chi connectivity index (χ1v) is 7.44. The molecule has 2 rings (SSSR count). The Morgan fingerprint density at radius 2 is 2.12 bits per heavy atom. The van der Waals surface area contributed by atoms with Gasteiger partial charge >= 0.3 is 6.03 Å². The summed E-state index contributed by atoms with van der Waals surface area (Å²) in [6, 6.07) is 7.91. The third-order valence-electron chi connectivity index (χ3n) is 3.34. The number of nitrogens with one attached hydrogen (secondary N) is 2. The first kappa shape index (κ1) is 17.7. The van der Waals surface area contributed by atoms with Crippen molar-refractivity contribution < 1.29 is 18.3 Å². The van der Waals surface area contributed by atoms with Gasteiger partial charge in [-0.2, -0.15) is 0 Å². The average molecular weight is 335 g/mol. The van der Waals surface area contributed by atoms with Gasteiger partial charge in [0.2, 0.25) is 0 Å². The number of pyridine rings is 1. The lowest BCUT2D eigenvalue weighted by atomic mass is 10.1. The van der Waals surface area contributed by atoms with Crippen molar-refractivity contribution in [3.8, 4) is 5.75 Å². The topological polar surface area (TPSA) is 63.2 Å². The van der Waals surface area contributed by atoms with E-state index in [9.17, 15) is 13.6 Å². The summed E-state index contributed by atoms with van der Waals surface area (Å²) in [7, 11) is 0. The second-order valence-electron chi connectivity index (χ2n) is 5.29. The number of ether oxygens (including phenoxy) is 1. The average Bonchev–Trinajstić information content (AvgIpc) is 2.56. The Balaban J connectivity index is 1.97. The molecule has 0 aliphatic rings. The highest BCUT2D eigenvalue weighted by Crippen LogP contribution is 2.23. The minimum Gasteiger partial charge on any atom is -0.487 e. The number of nitrogens with zero attached hydrogens (tertiary/aromatic N) is 1. The van der Waals surface area contributed by atoms with Crippen LogP contribution in [-0.4, -0.2) is 24.0 Å². The van der Waals surface area contributed by atoms with Crippen molar-refractivity contribution in [3.63, 3.8) is 0 Å². The molecule has 2 N–H and O–H groups in total. The first-order valence-electron chi connectivity index (χ1n) is 7.44. The van der Waals surface area contributed by atoms with E-state index < -0.39 is 19.1 Å². The molecule has 0 radical (unpaired) electrons. The van der Waals surface area contributed by atoms with E-state index in [2.05, 4.69) is 15.6 Å². The zero-order valence-electron chi connectivity index (χ0n) is 13.4. The number of hydrogen-bond donors (Lipinski definition) is 2. The van der Waals surface area contributed by atoms with E-state index in [0.717, 1.165) is 5.56 Å². The van der Waals surface area contributed by atoms with Crippen LogP contribution in [0.5, 0.6) is 5.75 Å². The number of aromatic nitrogens is 1. The molecule has 1 aromatic heterocycles. The quantitative estimate of drug-likeness (QED) is 0.841. The van der Waals surface area contributed by atoms with Crippen molar-refractivity contribution in [2.45, 2.75) is 26.3 Å². The summed E-state index contributed by atoms with van der Waals surface area (Å²) in [6.45, 7) is 2.90. The Bertz CT molecular complexity index is 681. The van der Waals surface area contributed by atoms with Crippen molar-refractivity contribution >= 4 is 11.7 Å². The molecule has 5 nitrogen and oxygen atoms in total. The van der Waals surface area contributed by atoms with Gasteiger partial charge in [0.15, 0.2) is 0 Å². The van der Waals surface area contributed by atoms with Crippen LogP contribution >= 0.6 is 0 Å². The number of hydrogen-bond acceptors (Lipinski definition) is 3. The number of halogens is 2. The molecular weight excluding hydrogens is 316 g/mol. The Morgan fingerprint density at radius 1 is 1.33 bits per heavy atom. The Kier molecular flexibility index (Phi) is 6.06. The molecule has 0 fully saturated rings. The number of rotatable bonds is 6. The van der Waals surface area contributed by atoms with E-state index in [-0.39, 0.29) is 6.04 Å². The van der Waals surface area contributed by atoms with E-state index in [4.69, 9.17) is 4.74 Å². The molecule has 2 amide bonds. The van der Waals surface area contributed by atoms with Crippen LogP contribution in [0.4, 0.5) is 19.3 Å². The molecule has 1 atom stereocenters. The maximum Gasteiger partial charge on any atom is 0.319 e. The highest BCUT2D eigenvalue weighted by molar-refractivity contribution is 5.89. The van der Waals surface area contributed by atoms with Crippen molar-refractivity contribution in [2.75, 3.05) is 11.9 Å². The van der Waals surface area contributed by atoms with Gasteiger partial charge in [-0.05, 0) is 37.1 Å². The van der Waals surface area contributed by atoms with Crippen LogP contribution in [-0.2, 0) is 0 Å². The fourth-order valence-corrected chi connectivity index (χ4v) is 2.07. The van der Waals surface area contributed by atoms with Gasteiger partial charge in [-0.15, -0.1) is 0 Å². The lowest BCUT2D eigenvalue weighted by Crippen LogP contribution is -2.31. The van der Waals surface area contributed by atoms with Gasteiger partial charge in [-0.3, -0.25) is 4.98 Å². The SMILES string of the molecule is Cc1ccc(NC(=O)NC(C)c2cccnc2)cc1OCC(F)F. The fraction of sp³-hybridized carbons (Fsp3) is 0.294. The summed E-state index contributed by atoms with van der Waals surface area (Å²) in [4.78, 5) is 16.1. The van der Waals surface area contributed by atoms with Crippen LogP contribution < -0.4 is 15.4 Å². The van der Waals surface area contributed by atoms with Crippen LogP contribution in [0.25, 0.3) is 0 Å². The van der Waals surface area contributed by atoms with Gasteiger partial charge in [-0.1, -0.05) is 12.1 Å². The standard InChI is InChI=1S/C17H19F2N3O2/c1-11-5-6-14(8-15(11)24-10-16(18)19)22-17(23)21-12(2)13-4-3-7-20-9-13/h3-9,12,16H,10H2,1-2H3,(H2,21,22,23). The molecular formula is C17H19F2N3O2. The van der Waals surface area contributed by atoms with Crippen molar-refractivity contribution in [3.05, 3.63) is 53.9 Å². The summed E-state index contributed by atoms with van der Waals surface area (Å²) in [5.41, 5.74) is 2.05. The predicted octanol–water partition coefficient (Wildman–Crippen LogP) is 3.92. The van der Waals surface area contributed by atoms with Gasteiger partial charge < -0.3 is 15.4 Å². The third kappa shape index (κ3) is 5.19. The summed E-state index contributed by atoms with van der Waals surface area (Å²) in [5, 5.41) is 5.44. The van der Waals surface area contributed by atoms with Gasteiger partial charge in [0.05, 0.1) is 6.04 Å². The van der Waals surface area contributed by atoms with Crippen molar-refractivity contribution in [1.29, 1.82) is 0 Å². The number of alkyl halides is 2. The molecule has 1 aromatic carbocycles. The Labute approximate surface area is 139 Å².